The molecule has 0 aromatic heterocycles. The molecule has 2 aromatic carbocycles. The van der Waals surface area contributed by atoms with Gasteiger partial charge in [0, 0.05) is 6.04 Å². The molecule has 190 valence electrons. The highest BCUT2D eigenvalue weighted by Gasteiger charge is 2.25. The van der Waals surface area contributed by atoms with Crippen LogP contribution in [0.15, 0.2) is 48.5 Å². The number of carbonyl (C=O) groups excluding carboxylic acids is 3. The lowest BCUT2D eigenvalue weighted by Crippen LogP contribution is -2.42. The van der Waals surface area contributed by atoms with Gasteiger partial charge in [-0.25, -0.2) is 9.59 Å². The number of hydrogen-bond donors (Lipinski definition) is 1. The summed E-state index contributed by atoms with van der Waals surface area (Å²) in [7, 11) is 0. The molecule has 7 heteroatoms. The fourth-order valence-corrected chi connectivity index (χ4v) is 3.32. The van der Waals surface area contributed by atoms with E-state index >= 15 is 0 Å². The Balaban J connectivity index is 2.17. The van der Waals surface area contributed by atoms with Gasteiger partial charge in [-0.2, -0.15) is 0 Å². The second-order valence-corrected chi connectivity index (χ2v) is 10.5. The first-order valence-corrected chi connectivity index (χ1v) is 11.7. The van der Waals surface area contributed by atoms with Gasteiger partial charge in [0.05, 0.1) is 12.0 Å². The first kappa shape index (κ1) is 27.9. The quantitative estimate of drug-likeness (QED) is 0.393. The number of esters is 2. The van der Waals surface area contributed by atoms with Crippen molar-refractivity contribution in [2.24, 2.45) is 0 Å². The minimum absolute atomic E-state index is 0.0430. The van der Waals surface area contributed by atoms with E-state index in [2.05, 4.69) is 5.32 Å². The largest absolute Gasteiger partial charge is 0.460 e. The second kappa shape index (κ2) is 11.9. The van der Waals surface area contributed by atoms with Gasteiger partial charge in [-0.15, -0.1) is 0 Å². The van der Waals surface area contributed by atoms with Crippen LogP contribution in [0.5, 0.6) is 0 Å². The number of alkyl carbamates (subject to hydrolysis) is 1. The van der Waals surface area contributed by atoms with Crippen molar-refractivity contribution in [2.45, 2.75) is 85.2 Å². The summed E-state index contributed by atoms with van der Waals surface area (Å²) < 4.78 is 16.3. The molecule has 0 bridgehead atoms. The van der Waals surface area contributed by atoms with Crippen molar-refractivity contribution in [3.8, 4) is 0 Å². The Labute approximate surface area is 208 Å². The molecule has 1 unspecified atom stereocenters. The summed E-state index contributed by atoms with van der Waals surface area (Å²) in [6.07, 6.45) is -0.356. The molecule has 0 heterocycles. The van der Waals surface area contributed by atoms with Gasteiger partial charge in [0.2, 0.25) is 0 Å². The van der Waals surface area contributed by atoms with Crippen LogP contribution in [0.3, 0.4) is 0 Å². The number of aryl methyl sites for hydroxylation is 1. The molecule has 0 aliphatic carbocycles. The molecule has 2 aromatic rings. The molecule has 0 spiro atoms. The van der Waals surface area contributed by atoms with Gasteiger partial charge in [-0.3, -0.25) is 4.79 Å². The van der Waals surface area contributed by atoms with Gasteiger partial charge in [-0.05, 0) is 83.7 Å². The van der Waals surface area contributed by atoms with Crippen molar-refractivity contribution in [3.63, 3.8) is 0 Å². The molecule has 0 saturated heterocycles. The summed E-state index contributed by atoms with van der Waals surface area (Å²) in [6, 6.07) is 14.1. The lowest BCUT2D eigenvalue weighted by molar-refractivity contribution is -0.155. The molecule has 0 saturated carbocycles. The van der Waals surface area contributed by atoms with E-state index in [-0.39, 0.29) is 13.0 Å². The molecular formula is C28H37NO6. The first-order chi connectivity index (χ1) is 16.2. The van der Waals surface area contributed by atoms with E-state index in [0.29, 0.717) is 12.0 Å². The maximum absolute atomic E-state index is 12.7. The Morgan fingerprint density at radius 1 is 0.886 bits per heavy atom. The summed E-state index contributed by atoms with van der Waals surface area (Å²) in [4.78, 5) is 37.6. The number of rotatable bonds is 8. The van der Waals surface area contributed by atoms with Crippen molar-refractivity contribution in [2.75, 3.05) is 0 Å². The van der Waals surface area contributed by atoms with E-state index in [0.717, 1.165) is 16.7 Å². The third-order valence-electron chi connectivity index (χ3n) is 4.82. The summed E-state index contributed by atoms with van der Waals surface area (Å²) in [6.45, 7) is 12.7. The van der Waals surface area contributed by atoms with Crippen molar-refractivity contribution >= 4 is 18.0 Å². The zero-order valence-corrected chi connectivity index (χ0v) is 21.8. The number of carbonyl (C=O) groups is 3. The van der Waals surface area contributed by atoms with E-state index in [1.807, 2.05) is 43.3 Å². The molecule has 2 rings (SSSR count). The number of amides is 1. The standard InChI is InChI=1S/C28H37NO6/c1-19-13-14-21(25(31)33-18-20-11-9-8-10-12-20)15-22(19)16-23(17-24(30)34-27(2,3)4)29-26(32)35-28(5,6)7/h8-15,23H,16-18H2,1-7H3,(H,29,32). The SMILES string of the molecule is Cc1ccc(C(=O)OCc2ccccc2)cc1CC(CC(=O)OC(C)(C)C)NC(=O)OC(C)(C)C. The Hall–Kier alpha value is -3.35. The highest BCUT2D eigenvalue weighted by Crippen LogP contribution is 2.18. The molecule has 7 nitrogen and oxygen atoms in total. The van der Waals surface area contributed by atoms with Gasteiger partial charge >= 0.3 is 18.0 Å². The first-order valence-electron chi connectivity index (χ1n) is 11.7. The lowest BCUT2D eigenvalue weighted by atomic mass is 9.97. The summed E-state index contributed by atoms with van der Waals surface area (Å²) in [5.41, 5.74) is 1.70. The molecule has 1 atom stereocenters. The van der Waals surface area contributed by atoms with Crippen LogP contribution < -0.4 is 5.32 Å². The van der Waals surface area contributed by atoms with Crippen LogP contribution in [0, 0.1) is 6.92 Å². The topological polar surface area (TPSA) is 90.9 Å². The number of nitrogens with one attached hydrogen (secondary N) is 1. The highest BCUT2D eigenvalue weighted by molar-refractivity contribution is 5.89. The summed E-state index contributed by atoms with van der Waals surface area (Å²) >= 11 is 0. The minimum Gasteiger partial charge on any atom is -0.460 e. The predicted octanol–water partition coefficient (Wildman–Crippen LogP) is 5.52. The average Bonchev–Trinajstić information content (AvgIpc) is 2.71. The lowest BCUT2D eigenvalue weighted by Gasteiger charge is -2.25. The molecular weight excluding hydrogens is 446 g/mol. The van der Waals surface area contributed by atoms with Gasteiger partial charge in [0.15, 0.2) is 0 Å². The monoisotopic (exact) mass is 483 g/mol. The van der Waals surface area contributed by atoms with Crippen LogP contribution >= 0.6 is 0 Å². The van der Waals surface area contributed by atoms with Crippen LogP contribution in [0.4, 0.5) is 4.79 Å². The minimum atomic E-state index is -0.682. The predicted molar refractivity (Wildman–Crippen MR) is 134 cm³/mol. The fraction of sp³-hybridized carbons (Fsp3) is 0.464. The zero-order valence-electron chi connectivity index (χ0n) is 21.8. The normalized spacial score (nSPS) is 12.4. The van der Waals surface area contributed by atoms with Gasteiger partial charge in [0.1, 0.15) is 17.8 Å². The van der Waals surface area contributed by atoms with E-state index in [1.54, 1.807) is 53.7 Å². The van der Waals surface area contributed by atoms with Crippen LogP contribution in [0.1, 0.15) is 75.0 Å². The van der Waals surface area contributed by atoms with Crippen molar-refractivity contribution in [1.29, 1.82) is 0 Å². The zero-order chi connectivity index (χ0) is 26.2. The van der Waals surface area contributed by atoms with Crippen molar-refractivity contribution < 1.29 is 28.6 Å². The molecule has 1 N–H and O–H groups in total. The number of hydrogen-bond acceptors (Lipinski definition) is 6. The van der Waals surface area contributed by atoms with Gasteiger partial charge in [0.25, 0.3) is 0 Å². The van der Waals surface area contributed by atoms with Gasteiger partial charge < -0.3 is 19.5 Å². The van der Waals surface area contributed by atoms with E-state index in [9.17, 15) is 14.4 Å². The van der Waals surface area contributed by atoms with Crippen molar-refractivity contribution in [1.82, 2.24) is 5.32 Å². The Kier molecular flexibility index (Phi) is 9.46. The van der Waals surface area contributed by atoms with E-state index in [1.165, 1.54) is 0 Å². The molecule has 0 aliphatic heterocycles. The molecule has 0 fully saturated rings. The number of benzene rings is 2. The fourth-order valence-electron chi connectivity index (χ4n) is 3.32. The van der Waals surface area contributed by atoms with Gasteiger partial charge in [-0.1, -0.05) is 36.4 Å². The molecule has 35 heavy (non-hydrogen) atoms. The van der Waals surface area contributed by atoms with E-state index < -0.39 is 35.3 Å². The van der Waals surface area contributed by atoms with E-state index in [4.69, 9.17) is 14.2 Å². The second-order valence-electron chi connectivity index (χ2n) is 10.5. The van der Waals surface area contributed by atoms with Crippen LogP contribution in [0.25, 0.3) is 0 Å². The highest BCUT2D eigenvalue weighted by atomic mass is 16.6. The third kappa shape index (κ3) is 10.6. The van der Waals surface area contributed by atoms with Crippen molar-refractivity contribution in [3.05, 3.63) is 70.8 Å². The summed E-state index contributed by atoms with van der Waals surface area (Å²) in [5, 5.41) is 2.78. The maximum Gasteiger partial charge on any atom is 0.407 e. The maximum atomic E-state index is 12.7. The van der Waals surface area contributed by atoms with Crippen LogP contribution in [0.2, 0.25) is 0 Å². The molecule has 0 radical (unpaired) electrons. The number of ether oxygens (including phenoxy) is 3. The molecule has 0 aliphatic rings. The Bertz CT molecular complexity index is 988. The Morgan fingerprint density at radius 3 is 2.11 bits per heavy atom. The smallest absolute Gasteiger partial charge is 0.407 e. The molecule has 1 amide bonds. The average molecular weight is 484 g/mol. The van der Waals surface area contributed by atoms with Crippen LogP contribution in [-0.2, 0) is 32.0 Å². The Morgan fingerprint density at radius 2 is 1.51 bits per heavy atom. The third-order valence-corrected chi connectivity index (χ3v) is 4.82. The summed E-state index contributed by atoms with van der Waals surface area (Å²) in [5.74, 6) is -0.881. The van der Waals surface area contributed by atoms with Crippen LogP contribution in [-0.4, -0.2) is 35.3 Å².